The molecule has 1 aromatic carbocycles. The maximum Gasteiger partial charge on any atom is 0.166 e. The molecule has 2 rings (SSSR count). The number of hydrogen-bond acceptors (Lipinski definition) is 2. The third kappa shape index (κ3) is 2.83. The number of benzene rings is 1. The van der Waals surface area contributed by atoms with Crippen LogP contribution in [0.1, 0.15) is 23.7 Å². The van der Waals surface area contributed by atoms with Crippen molar-refractivity contribution >= 4 is 18.2 Å². The molecule has 1 fully saturated rings. The fraction of sp³-hybridized carbons (Fsp3) is 0.462. The summed E-state index contributed by atoms with van der Waals surface area (Å²) in [5, 5.41) is 3.32. The molecular formula is C13H18ClNO. The van der Waals surface area contributed by atoms with Crippen molar-refractivity contribution in [2.24, 2.45) is 11.8 Å². The molecule has 1 N–H and O–H groups in total. The van der Waals surface area contributed by atoms with Gasteiger partial charge in [-0.05, 0) is 25.4 Å². The smallest absolute Gasteiger partial charge is 0.166 e. The lowest BCUT2D eigenvalue weighted by Gasteiger charge is -2.28. The fourth-order valence-corrected chi connectivity index (χ4v) is 2.22. The zero-order valence-electron chi connectivity index (χ0n) is 9.48. The first kappa shape index (κ1) is 13.2. The van der Waals surface area contributed by atoms with E-state index in [1.165, 1.54) is 0 Å². The molecule has 0 amide bonds. The van der Waals surface area contributed by atoms with Crippen LogP contribution in [0.15, 0.2) is 30.3 Å². The van der Waals surface area contributed by atoms with E-state index in [9.17, 15) is 4.79 Å². The van der Waals surface area contributed by atoms with Crippen LogP contribution in [0.3, 0.4) is 0 Å². The van der Waals surface area contributed by atoms with E-state index < -0.39 is 0 Å². The molecule has 1 heterocycles. The van der Waals surface area contributed by atoms with E-state index in [1.54, 1.807) is 0 Å². The van der Waals surface area contributed by atoms with Gasteiger partial charge in [-0.1, -0.05) is 37.3 Å². The van der Waals surface area contributed by atoms with Crippen LogP contribution in [0.5, 0.6) is 0 Å². The lowest BCUT2D eigenvalue weighted by atomic mass is 9.82. The third-order valence-electron chi connectivity index (χ3n) is 3.18. The van der Waals surface area contributed by atoms with Crippen molar-refractivity contribution < 1.29 is 4.79 Å². The second-order valence-corrected chi connectivity index (χ2v) is 4.31. The van der Waals surface area contributed by atoms with Gasteiger partial charge < -0.3 is 5.32 Å². The van der Waals surface area contributed by atoms with Gasteiger partial charge in [-0.2, -0.15) is 0 Å². The predicted molar refractivity (Wildman–Crippen MR) is 68.2 cm³/mol. The molecule has 2 unspecified atom stereocenters. The minimum Gasteiger partial charge on any atom is -0.316 e. The van der Waals surface area contributed by atoms with Crippen molar-refractivity contribution in [2.45, 2.75) is 13.3 Å². The summed E-state index contributed by atoms with van der Waals surface area (Å²) in [6, 6.07) is 9.63. The quantitative estimate of drug-likeness (QED) is 0.804. The Bertz CT molecular complexity index is 339. The topological polar surface area (TPSA) is 29.1 Å². The van der Waals surface area contributed by atoms with Crippen molar-refractivity contribution in [1.29, 1.82) is 0 Å². The van der Waals surface area contributed by atoms with Crippen LogP contribution >= 0.6 is 12.4 Å². The molecule has 1 aromatic rings. The van der Waals surface area contributed by atoms with Gasteiger partial charge in [-0.3, -0.25) is 4.79 Å². The standard InChI is InChI=1S/C13H17NO.ClH/c1-10-9-14-8-7-12(10)13(15)11-5-3-2-4-6-11;/h2-6,10,12,14H,7-9H2,1H3;1H. The lowest BCUT2D eigenvalue weighted by molar-refractivity contribution is 0.0848. The second kappa shape index (κ2) is 6.02. The van der Waals surface area contributed by atoms with E-state index in [0.29, 0.717) is 11.7 Å². The largest absolute Gasteiger partial charge is 0.316 e. The summed E-state index contributed by atoms with van der Waals surface area (Å²) in [4.78, 5) is 12.2. The molecule has 0 saturated carbocycles. The summed E-state index contributed by atoms with van der Waals surface area (Å²) < 4.78 is 0. The average molecular weight is 240 g/mol. The van der Waals surface area contributed by atoms with Gasteiger partial charge in [-0.15, -0.1) is 12.4 Å². The normalized spacial score (nSPS) is 24.6. The first-order chi connectivity index (χ1) is 7.29. The number of piperidine rings is 1. The summed E-state index contributed by atoms with van der Waals surface area (Å²) >= 11 is 0. The zero-order chi connectivity index (χ0) is 10.7. The van der Waals surface area contributed by atoms with Crippen molar-refractivity contribution in [2.75, 3.05) is 13.1 Å². The highest BCUT2D eigenvalue weighted by molar-refractivity contribution is 5.98. The monoisotopic (exact) mass is 239 g/mol. The minimum atomic E-state index is 0. The Kier molecular flexibility index (Phi) is 4.97. The molecule has 16 heavy (non-hydrogen) atoms. The Morgan fingerprint density at radius 1 is 1.31 bits per heavy atom. The summed E-state index contributed by atoms with van der Waals surface area (Å²) in [5.74, 6) is 0.963. The van der Waals surface area contributed by atoms with Crippen molar-refractivity contribution in [3.8, 4) is 0 Å². The maximum atomic E-state index is 12.2. The summed E-state index contributed by atoms with van der Waals surface area (Å²) in [6.07, 6.45) is 0.967. The number of hydrogen-bond donors (Lipinski definition) is 1. The first-order valence-electron chi connectivity index (χ1n) is 5.59. The van der Waals surface area contributed by atoms with Crippen LogP contribution in [0.25, 0.3) is 0 Å². The predicted octanol–water partition coefficient (Wildman–Crippen LogP) is 2.54. The highest BCUT2D eigenvalue weighted by atomic mass is 35.5. The molecule has 0 bridgehead atoms. The van der Waals surface area contributed by atoms with Gasteiger partial charge in [0.05, 0.1) is 0 Å². The molecule has 0 radical (unpaired) electrons. The molecule has 2 nitrogen and oxygen atoms in total. The summed E-state index contributed by atoms with van der Waals surface area (Å²) in [5.41, 5.74) is 0.858. The number of carbonyl (C=O) groups is 1. The van der Waals surface area contributed by atoms with Crippen molar-refractivity contribution in [1.82, 2.24) is 5.32 Å². The highest BCUT2D eigenvalue weighted by Crippen LogP contribution is 2.22. The van der Waals surface area contributed by atoms with Gasteiger partial charge in [0.2, 0.25) is 0 Å². The highest BCUT2D eigenvalue weighted by Gasteiger charge is 2.27. The van der Waals surface area contributed by atoms with Gasteiger partial charge in [0.25, 0.3) is 0 Å². The van der Waals surface area contributed by atoms with Crippen molar-refractivity contribution in [3.05, 3.63) is 35.9 Å². The first-order valence-corrected chi connectivity index (χ1v) is 5.59. The van der Waals surface area contributed by atoms with Crippen LogP contribution in [-0.4, -0.2) is 18.9 Å². The summed E-state index contributed by atoms with van der Waals surface area (Å²) in [7, 11) is 0. The van der Waals surface area contributed by atoms with Gasteiger partial charge in [0.1, 0.15) is 0 Å². The van der Waals surface area contributed by atoms with E-state index in [2.05, 4.69) is 12.2 Å². The van der Waals surface area contributed by atoms with Crippen LogP contribution in [0, 0.1) is 11.8 Å². The Balaban J connectivity index is 0.00000128. The number of Topliss-reactive ketones (excluding diaryl/α,β-unsaturated/α-hetero) is 1. The fourth-order valence-electron chi connectivity index (χ4n) is 2.22. The molecule has 0 spiro atoms. The van der Waals surface area contributed by atoms with Gasteiger partial charge in [0.15, 0.2) is 5.78 Å². The van der Waals surface area contributed by atoms with Gasteiger partial charge in [0, 0.05) is 11.5 Å². The van der Waals surface area contributed by atoms with Gasteiger partial charge >= 0.3 is 0 Å². The zero-order valence-corrected chi connectivity index (χ0v) is 10.3. The SMILES string of the molecule is CC1CNCCC1C(=O)c1ccccc1.Cl. The van der Waals surface area contributed by atoms with Crippen LogP contribution in [-0.2, 0) is 0 Å². The van der Waals surface area contributed by atoms with E-state index >= 15 is 0 Å². The van der Waals surface area contributed by atoms with E-state index in [4.69, 9.17) is 0 Å². The summed E-state index contributed by atoms with van der Waals surface area (Å²) in [6.45, 7) is 4.08. The molecule has 1 aliphatic heterocycles. The van der Waals surface area contributed by atoms with Crippen molar-refractivity contribution in [3.63, 3.8) is 0 Å². The number of halogens is 1. The molecule has 1 aliphatic rings. The number of rotatable bonds is 2. The number of nitrogens with one attached hydrogen (secondary N) is 1. The Labute approximate surface area is 103 Å². The van der Waals surface area contributed by atoms with E-state index in [-0.39, 0.29) is 18.3 Å². The maximum absolute atomic E-state index is 12.2. The molecule has 2 atom stereocenters. The molecule has 3 heteroatoms. The van der Waals surface area contributed by atoms with Crippen LogP contribution in [0.4, 0.5) is 0 Å². The van der Waals surface area contributed by atoms with Crippen LogP contribution in [0.2, 0.25) is 0 Å². The minimum absolute atomic E-state index is 0. The number of carbonyl (C=O) groups excluding carboxylic acids is 1. The average Bonchev–Trinajstić information content (AvgIpc) is 2.30. The molecule has 1 saturated heterocycles. The van der Waals surface area contributed by atoms with Crippen LogP contribution < -0.4 is 5.32 Å². The lowest BCUT2D eigenvalue weighted by Crippen LogP contribution is -2.38. The van der Waals surface area contributed by atoms with Gasteiger partial charge in [-0.25, -0.2) is 0 Å². The number of ketones is 1. The van der Waals surface area contributed by atoms with E-state index in [0.717, 1.165) is 25.1 Å². The molecular weight excluding hydrogens is 222 g/mol. The molecule has 0 aliphatic carbocycles. The molecule has 0 aromatic heterocycles. The Morgan fingerprint density at radius 3 is 2.62 bits per heavy atom. The Morgan fingerprint density at radius 2 is 2.00 bits per heavy atom. The van der Waals surface area contributed by atoms with E-state index in [1.807, 2.05) is 30.3 Å². The Hall–Kier alpha value is -0.860. The third-order valence-corrected chi connectivity index (χ3v) is 3.18. The molecule has 88 valence electrons. The second-order valence-electron chi connectivity index (χ2n) is 4.31.